The van der Waals surface area contributed by atoms with Crippen molar-refractivity contribution in [2.45, 2.75) is 181 Å². The molecule has 0 spiro atoms. The Kier molecular flexibility index (Phi) is 31.4. The first kappa shape index (κ1) is 94.4. The van der Waals surface area contributed by atoms with Crippen LogP contribution in [0, 0.1) is 88.5 Å². The molecule has 0 heterocycles. The SMILES string of the molecule is Cc1c(-c2ccccc2)cc(-c2ccccc2)cc1-c1ccccc1.Cc1c(-c2ccccc2)cc(C(C)(C)C)cc1-c1ccccc1.Cc1c(-c2ccccc2)cccc1-c1ccccc1.Cc1ccc(-c2ccccc2)cc1-c1c(C)cccc1C.Cc1ccc(C(C)(C)C)cc1-c1c(C)cccc1C.Cc1ccc(C2CCC(C)(C)CC2)cc1-c1c(C)cccc1C. The first-order valence-corrected chi connectivity index (χ1v) is 46.8. The molecule has 0 nitrogen and oxygen atoms in total. The molecule has 1 saturated carbocycles. The van der Waals surface area contributed by atoms with Gasteiger partial charge in [-0.15, -0.1) is 0 Å². The molecule has 0 aliphatic heterocycles. The summed E-state index contributed by atoms with van der Waals surface area (Å²) in [6, 6.07) is 141. The Bertz CT molecular complexity index is 6320. The molecule has 0 bridgehead atoms. The normalized spacial score (nSPS) is 12.2. The molecule has 0 amide bonds. The van der Waals surface area contributed by atoms with E-state index >= 15 is 0 Å². The highest BCUT2D eigenvalue weighted by Crippen LogP contribution is 2.46. The molecule has 0 radical (unpaired) electrons. The van der Waals surface area contributed by atoms with E-state index in [-0.39, 0.29) is 10.8 Å². The van der Waals surface area contributed by atoms with E-state index in [2.05, 4.69) is 533 Å². The molecule has 0 heteroatoms. The maximum absolute atomic E-state index is 2.48. The van der Waals surface area contributed by atoms with Crippen molar-refractivity contribution in [3.8, 4) is 122 Å². The van der Waals surface area contributed by atoms with Crippen molar-refractivity contribution in [1.29, 1.82) is 0 Å². The van der Waals surface area contributed by atoms with Crippen molar-refractivity contribution >= 4 is 0 Å². The van der Waals surface area contributed by atoms with Crippen LogP contribution in [0.15, 0.2) is 394 Å². The maximum atomic E-state index is 2.48. The zero-order valence-corrected chi connectivity index (χ0v) is 80.9. The van der Waals surface area contributed by atoms with Crippen molar-refractivity contribution in [2.75, 3.05) is 0 Å². The molecule has 0 N–H and O–H groups in total. The number of aryl methyl sites for hydroxylation is 9. The van der Waals surface area contributed by atoms with Gasteiger partial charge in [0.1, 0.15) is 0 Å². The van der Waals surface area contributed by atoms with Gasteiger partial charge in [-0.25, -0.2) is 0 Å². The van der Waals surface area contributed by atoms with E-state index in [4.69, 9.17) is 0 Å². The molecule has 0 saturated heterocycles. The molecule has 1 fully saturated rings. The third-order valence-electron chi connectivity index (χ3n) is 26.4. The summed E-state index contributed by atoms with van der Waals surface area (Å²) in [6.07, 6.45) is 5.37. The second-order valence-corrected chi connectivity index (χ2v) is 38.7. The molecule has 0 aromatic heterocycles. The first-order valence-electron chi connectivity index (χ1n) is 46.8. The van der Waals surface area contributed by atoms with Crippen molar-refractivity contribution < 1.29 is 0 Å². The van der Waals surface area contributed by atoms with Gasteiger partial charge in [-0.05, 0) is 355 Å². The minimum atomic E-state index is 0.126. The molecule has 0 unspecified atom stereocenters. The molecule has 1 aliphatic rings. The first-order chi connectivity index (χ1) is 62.5. The van der Waals surface area contributed by atoms with Crippen LogP contribution in [0.25, 0.3) is 122 Å². The van der Waals surface area contributed by atoms with Crippen LogP contribution in [0.4, 0.5) is 0 Å². The third-order valence-corrected chi connectivity index (χ3v) is 26.4. The summed E-state index contributed by atoms with van der Waals surface area (Å²) in [5, 5.41) is 0. The lowest BCUT2D eigenvalue weighted by Crippen LogP contribution is -2.20. The maximum Gasteiger partial charge on any atom is -0.0123 e. The Morgan fingerprint density at radius 3 is 0.769 bits per heavy atom. The summed E-state index contributed by atoms with van der Waals surface area (Å²) in [4.78, 5) is 0. The number of hydrogen-bond acceptors (Lipinski definition) is 0. The summed E-state index contributed by atoms with van der Waals surface area (Å²) in [5.41, 5.74) is 50.3. The summed E-state index contributed by atoms with van der Waals surface area (Å²) in [7, 11) is 0. The number of rotatable bonds is 12. The molecule has 654 valence electrons. The highest BCUT2D eigenvalue weighted by atomic mass is 14.3. The quantitative estimate of drug-likeness (QED) is 0.114. The van der Waals surface area contributed by atoms with E-state index in [0.29, 0.717) is 5.41 Å². The number of benzene rings is 17. The molecule has 18 rings (SSSR count). The van der Waals surface area contributed by atoms with E-state index in [1.165, 1.54) is 226 Å². The molecule has 0 atom stereocenters. The van der Waals surface area contributed by atoms with E-state index in [1.807, 2.05) is 0 Å². The van der Waals surface area contributed by atoms with Crippen molar-refractivity contribution in [1.82, 2.24) is 0 Å². The predicted molar refractivity (Wildman–Crippen MR) is 568 cm³/mol. The zero-order chi connectivity index (χ0) is 92.2. The van der Waals surface area contributed by atoms with Crippen molar-refractivity contribution in [2.24, 2.45) is 5.41 Å². The van der Waals surface area contributed by atoms with Crippen molar-refractivity contribution in [3.63, 3.8) is 0 Å². The lowest BCUT2D eigenvalue weighted by atomic mass is 9.71. The van der Waals surface area contributed by atoms with E-state index < -0.39 is 0 Å². The smallest absolute Gasteiger partial charge is 0.0123 e. The fourth-order valence-corrected chi connectivity index (χ4v) is 18.5. The van der Waals surface area contributed by atoms with Gasteiger partial charge in [0, 0.05) is 0 Å². The Hall–Kier alpha value is -13.3. The van der Waals surface area contributed by atoms with Crippen LogP contribution in [-0.2, 0) is 10.8 Å². The van der Waals surface area contributed by atoms with Crippen LogP contribution in [0.2, 0.25) is 0 Å². The minimum absolute atomic E-state index is 0.126. The van der Waals surface area contributed by atoms with Gasteiger partial charge in [-0.2, -0.15) is 0 Å². The van der Waals surface area contributed by atoms with Gasteiger partial charge in [0.15, 0.2) is 0 Å². The van der Waals surface area contributed by atoms with Gasteiger partial charge in [-0.3, -0.25) is 0 Å². The highest BCUT2D eigenvalue weighted by Gasteiger charge is 2.29. The topological polar surface area (TPSA) is 0 Å². The van der Waals surface area contributed by atoms with Gasteiger partial charge in [0.25, 0.3) is 0 Å². The Morgan fingerprint density at radius 1 is 0.192 bits per heavy atom. The zero-order valence-electron chi connectivity index (χ0n) is 80.9. The molecule has 130 heavy (non-hydrogen) atoms. The van der Waals surface area contributed by atoms with Crippen LogP contribution < -0.4 is 0 Å². The Labute approximate surface area is 781 Å². The largest absolute Gasteiger partial charge is 0.0622 e. The molecular weight excluding hydrogens is 1560 g/mol. The molecule has 17 aromatic carbocycles. The van der Waals surface area contributed by atoms with Gasteiger partial charge < -0.3 is 0 Å². The van der Waals surface area contributed by atoms with E-state index in [9.17, 15) is 0 Å². The van der Waals surface area contributed by atoms with Gasteiger partial charge in [-0.1, -0.05) is 432 Å². The molecular formula is C130H134. The van der Waals surface area contributed by atoms with Gasteiger partial charge in [0.05, 0.1) is 0 Å². The van der Waals surface area contributed by atoms with E-state index in [1.54, 1.807) is 5.56 Å². The molecule has 1 aliphatic carbocycles. The molecule has 17 aromatic rings. The lowest BCUT2D eigenvalue weighted by Gasteiger charge is -2.34. The average Bonchev–Trinajstić information content (AvgIpc) is 0.783. The van der Waals surface area contributed by atoms with Crippen LogP contribution in [-0.4, -0.2) is 0 Å². The van der Waals surface area contributed by atoms with Crippen LogP contribution in [0.5, 0.6) is 0 Å². The summed E-state index contributed by atoms with van der Waals surface area (Å²) < 4.78 is 0. The fraction of sp³-hybridized carbons (Fsp3) is 0.215. The lowest BCUT2D eigenvalue weighted by molar-refractivity contribution is 0.224. The number of hydrogen-bond donors (Lipinski definition) is 0. The Balaban J connectivity index is 0.000000133. The summed E-state index contributed by atoms with van der Waals surface area (Å²) in [6.45, 7) is 45.0. The van der Waals surface area contributed by atoms with Crippen LogP contribution in [0.3, 0.4) is 0 Å². The van der Waals surface area contributed by atoms with E-state index in [0.717, 1.165) is 5.92 Å². The highest BCUT2D eigenvalue weighted by molar-refractivity contribution is 5.87. The van der Waals surface area contributed by atoms with Gasteiger partial charge >= 0.3 is 0 Å². The predicted octanol–water partition coefficient (Wildman–Crippen LogP) is 37.4. The fourth-order valence-electron chi connectivity index (χ4n) is 18.5. The standard InChI is InChI=1S/C25H20.C23H30.C23H24.C21H20.C19H16.C19H24/c1-19-24(21-13-7-3-8-14-21)17-23(20-11-5-2-6-12-20)18-25(19)22-15-9-4-10-16-22;1-16-9-10-20(19-11-13-23(4,5)14-12-19)15-21(16)22-17(2)7-6-8-18(22)3;1-17-21(18-11-7-5-8-12-18)15-20(23(2,3)4)16-22(17)19-13-9-6-10-14-19;1-15-12-13-19(18-10-5-4-6-11-18)14-20(15)21-16(2)8-7-9-17(21)3;1-15-18(16-9-4-2-5-10-16)13-8-14-19(15)17-11-6-3-7-12-17;1-13-10-11-16(19(4,5)6)12-17(13)18-14(2)8-7-9-15(18)3/h2-18H,1H3;6-10,15,19H,11-14H2,1-5H3;5-16H,1-4H3;4-14H,1-3H3;2-14H,1H3;7-12H,1-6H3. The minimum Gasteiger partial charge on any atom is -0.0622 e. The second kappa shape index (κ2) is 43.2. The summed E-state index contributed by atoms with van der Waals surface area (Å²) >= 11 is 0. The van der Waals surface area contributed by atoms with Gasteiger partial charge in [0.2, 0.25) is 0 Å². The van der Waals surface area contributed by atoms with Crippen LogP contribution >= 0.6 is 0 Å². The average molecular weight is 1700 g/mol. The van der Waals surface area contributed by atoms with Crippen LogP contribution in [0.1, 0.15) is 170 Å². The third kappa shape index (κ3) is 23.8. The van der Waals surface area contributed by atoms with Crippen molar-refractivity contribution in [3.05, 3.63) is 478 Å². The monoisotopic (exact) mass is 1700 g/mol. The second-order valence-electron chi connectivity index (χ2n) is 38.7. The summed E-state index contributed by atoms with van der Waals surface area (Å²) in [5.74, 6) is 0.742. The Morgan fingerprint density at radius 2 is 0.438 bits per heavy atom.